The number of phenolic OH excluding ortho intramolecular Hbond substituents is 3. The summed E-state index contributed by atoms with van der Waals surface area (Å²) < 4.78 is 5.11. The molecule has 46 heavy (non-hydrogen) atoms. The molecule has 0 unspecified atom stereocenters. The molecular formula is C39H70O7. The van der Waals surface area contributed by atoms with Crippen LogP contribution in [0.1, 0.15) is 204 Å². The number of hydrogen-bond donors (Lipinski definition) is 4. The SMILES string of the molecule is CCCCCCCCCCCCCCCCCCCC(=O)O.CCCCCCCCCCCCOC(=O)c1cc(O)c(O)c(O)c1. The Morgan fingerprint density at radius 2 is 0.804 bits per heavy atom. The Bertz CT molecular complexity index is 832. The van der Waals surface area contributed by atoms with Crippen molar-refractivity contribution in [1.82, 2.24) is 0 Å². The standard InChI is InChI=1S/C20H40O2.C19H30O5/c1-2-3-4-5-6-7-8-9-10-11-12-13-14-15-16-17-18-19-20(21)22;1-2-3-4-5-6-7-8-9-10-11-12-24-19(23)15-13-16(20)18(22)17(21)14-15/h2-19H2,1H3,(H,21,22);13-14,20-22H,2-12H2,1H3. The first-order chi connectivity index (χ1) is 22.3. The smallest absolute Gasteiger partial charge is 0.338 e. The lowest BCUT2D eigenvalue weighted by Crippen LogP contribution is -2.06. The molecule has 0 fully saturated rings. The number of hydrogen-bond acceptors (Lipinski definition) is 6. The molecule has 0 radical (unpaired) electrons. The van der Waals surface area contributed by atoms with Gasteiger partial charge >= 0.3 is 11.9 Å². The Labute approximate surface area is 281 Å². The highest BCUT2D eigenvalue weighted by Crippen LogP contribution is 2.35. The van der Waals surface area contributed by atoms with Crippen LogP contribution in [-0.2, 0) is 9.53 Å². The lowest BCUT2D eigenvalue weighted by atomic mass is 10.0. The van der Waals surface area contributed by atoms with E-state index >= 15 is 0 Å². The molecule has 7 heteroatoms. The van der Waals surface area contributed by atoms with Gasteiger partial charge in [0.1, 0.15) is 0 Å². The van der Waals surface area contributed by atoms with Gasteiger partial charge in [-0.2, -0.15) is 0 Å². The van der Waals surface area contributed by atoms with Crippen molar-refractivity contribution in [3.05, 3.63) is 17.7 Å². The van der Waals surface area contributed by atoms with Gasteiger partial charge in [0.05, 0.1) is 12.2 Å². The number of carboxylic acids is 1. The minimum Gasteiger partial charge on any atom is -0.504 e. The zero-order chi connectivity index (χ0) is 34.1. The molecule has 0 amide bonds. The molecule has 0 heterocycles. The van der Waals surface area contributed by atoms with Crippen LogP contribution >= 0.6 is 0 Å². The molecule has 0 bridgehead atoms. The molecule has 0 saturated carbocycles. The number of aliphatic carboxylic acids is 1. The van der Waals surface area contributed by atoms with Crippen molar-refractivity contribution in [3.63, 3.8) is 0 Å². The number of phenols is 3. The van der Waals surface area contributed by atoms with Gasteiger partial charge < -0.3 is 25.2 Å². The van der Waals surface area contributed by atoms with Gasteiger partial charge in [0.25, 0.3) is 0 Å². The zero-order valence-corrected chi connectivity index (χ0v) is 29.7. The van der Waals surface area contributed by atoms with Gasteiger partial charge in [-0.15, -0.1) is 0 Å². The molecule has 1 rings (SSSR count). The van der Waals surface area contributed by atoms with E-state index in [1.54, 1.807) is 0 Å². The van der Waals surface area contributed by atoms with Gasteiger partial charge in [0.2, 0.25) is 0 Å². The van der Waals surface area contributed by atoms with E-state index in [4.69, 9.17) is 9.84 Å². The van der Waals surface area contributed by atoms with Crippen LogP contribution in [0.2, 0.25) is 0 Å². The van der Waals surface area contributed by atoms with E-state index in [2.05, 4.69) is 13.8 Å². The molecule has 0 spiro atoms. The summed E-state index contributed by atoms with van der Waals surface area (Å²) >= 11 is 0. The summed E-state index contributed by atoms with van der Waals surface area (Å²) in [6.45, 7) is 4.82. The number of unbranched alkanes of at least 4 members (excludes halogenated alkanes) is 25. The van der Waals surface area contributed by atoms with Gasteiger partial charge in [-0.3, -0.25) is 4.79 Å². The second kappa shape index (κ2) is 32.5. The number of esters is 1. The number of carbonyl (C=O) groups is 2. The number of aromatic hydroxyl groups is 3. The maximum absolute atomic E-state index is 11.8. The average molecular weight is 651 g/mol. The number of benzene rings is 1. The highest BCUT2D eigenvalue weighted by molar-refractivity contribution is 5.91. The van der Waals surface area contributed by atoms with Crippen molar-refractivity contribution in [1.29, 1.82) is 0 Å². The molecule has 1 aromatic rings. The third-order valence-electron chi connectivity index (χ3n) is 8.53. The van der Waals surface area contributed by atoms with Crippen molar-refractivity contribution >= 4 is 11.9 Å². The predicted molar refractivity (Wildman–Crippen MR) is 190 cm³/mol. The van der Waals surface area contributed by atoms with Crippen LogP contribution in [0.25, 0.3) is 0 Å². The number of carbonyl (C=O) groups excluding carboxylic acids is 1. The summed E-state index contributed by atoms with van der Waals surface area (Å²) in [6.07, 6.45) is 35.2. The molecule has 0 aromatic heterocycles. The highest BCUT2D eigenvalue weighted by atomic mass is 16.5. The molecule has 0 atom stereocenters. The predicted octanol–water partition coefficient (Wildman–Crippen LogP) is 12.0. The van der Waals surface area contributed by atoms with Crippen LogP contribution in [0.15, 0.2) is 12.1 Å². The Hall–Kier alpha value is -2.44. The lowest BCUT2D eigenvalue weighted by molar-refractivity contribution is -0.137. The molecule has 1 aromatic carbocycles. The topological polar surface area (TPSA) is 124 Å². The Kier molecular flexibility index (Phi) is 30.8. The molecule has 4 N–H and O–H groups in total. The highest BCUT2D eigenvalue weighted by Gasteiger charge is 2.14. The first-order valence-electron chi connectivity index (χ1n) is 19.0. The summed E-state index contributed by atoms with van der Waals surface area (Å²) in [5.41, 5.74) is 0.0230. The van der Waals surface area contributed by atoms with E-state index in [1.807, 2.05) is 0 Å². The number of ether oxygens (including phenoxy) is 1. The largest absolute Gasteiger partial charge is 0.504 e. The summed E-state index contributed by atoms with van der Waals surface area (Å²) in [5.74, 6) is -2.99. The van der Waals surface area contributed by atoms with Crippen LogP contribution in [0.5, 0.6) is 17.2 Å². The molecule has 0 aliphatic rings. The van der Waals surface area contributed by atoms with Gasteiger partial charge in [0.15, 0.2) is 17.2 Å². The van der Waals surface area contributed by atoms with Gasteiger partial charge in [-0.1, -0.05) is 174 Å². The van der Waals surface area contributed by atoms with E-state index in [0.29, 0.717) is 13.0 Å². The summed E-state index contributed by atoms with van der Waals surface area (Å²) in [7, 11) is 0. The van der Waals surface area contributed by atoms with E-state index in [-0.39, 0.29) is 5.56 Å². The molecule has 7 nitrogen and oxygen atoms in total. The quantitative estimate of drug-likeness (QED) is 0.0371. The Balaban J connectivity index is 0.000000885. The molecule has 0 aliphatic carbocycles. The second-order valence-corrected chi connectivity index (χ2v) is 13.0. The van der Waals surface area contributed by atoms with Crippen molar-refractivity contribution < 1.29 is 34.8 Å². The Morgan fingerprint density at radius 1 is 0.500 bits per heavy atom. The fraction of sp³-hybridized carbons (Fsp3) is 0.795. The van der Waals surface area contributed by atoms with E-state index in [1.165, 1.54) is 141 Å². The van der Waals surface area contributed by atoms with Gasteiger partial charge in [0, 0.05) is 6.42 Å². The summed E-state index contributed by atoms with van der Waals surface area (Å²) in [6, 6.07) is 2.16. The average Bonchev–Trinajstić information content (AvgIpc) is 3.03. The second-order valence-electron chi connectivity index (χ2n) is 13.0. The van der Waals surface area contributed by atoms with Crippen molar-refractivity contribution in [2.45, 2.75) is 194 Å². The molecule has 0 saturated heterocycles. The third-order valence-corrected chi connectivity index (χ3v) is 8.53. The molecular weight excluding hydrogens is 580 g/mol. The zero-order valence-electron chi connectivity index (χ0n) is 29.7. The third kappa shape index (κ3) is 27.8. The van der Waals surface area contributed by atoms with Crippen LogP contribution in [0, 0.1) is 0 Å². The van der Waals surface area contributed by atoms with Gasteiger partial charge in [-0.25, -0.2) is 4.79 Å². The minimum atomic E-state index is -0.652. The Morgan fingerprint density at radius 3 is 1.13 bits per heavy atom. The van der Waals surface area contributed by atoms with Crippen molar-refractivity contribution in [2.24, 2.45) is 0 Å². The normalized spacial score (nSPS) is 10.8. The number of carboxylic acid groups (broad SMARTS) is 1. The van der Waals surface area contributed by atoms with Crippen molar-refractivity contribution in [3.8, 4) is 17.2 Å². The van der Waals surface area contributed by atoms with E-state index < -0.39 is 29.2 Å². The summed E-state index contributed by atoms with van der Waals surface area (Å²) in [5, 5.41) is 36.5. The molecule has 0 aliphatic heterocycles. The minimum absolute atomic E-state index is 0.0230. The van der Waals surface area contributed by atoms with Crippen LogP contribution in [0.3, 0.4) is 0 Å². The van der Waals surface area contributed by atoms with E-state index in [0.717, 1.165) is 44.2 Å². The van der Waals surface area contributed by atoms with Crippen LogP contribution in [0.4, 0.5) is 0 Å². The van der Waals surface area contributed by atoms with Crippen LogP contribution in [-0.4, -0.2) is 39.0 Å². The first kappa shape index (κ1) is 43.6. The maximum atomic E-state index is 11.8. The van der Waals surface area contributed by atoms with E-state index in [9.17, 15) is 24.9 Å². The fourth-order valence-corrected chi connectivity index (χ4v) is 5.56. The van der Waals surface area contributed by atoms with Gasteiger partial charge in [-0.05, 0) is 25.0 Å². The fourth-order valence-electron chi connectivity index (χ4n) is 5.56. The monoisotopic (exact) mass is 651 g/mol. The lowest BCUT2D eigenvalue weighted by Gasteiger charge is -2.07. The number of rotatable bonds is 30. The first-order valence-corrected chi connectivity index (χ1v) is 19.0. The van der Waals surface area contributed by atoms with Crippen LogP contribution < -0.4 is 0 Å². The molecule has 268 valence electrons. The van der Waals surface area contributed by atoms with Crippen molar-refractivity contribution in [2.75, 3.05) is 6.61 Å². The summed E-state index contributed by atoms with van der Waals surface area (Å²) in [4.78, 5) is 22.2. The maximum Gasteiger partial charge on any atom is 0.338 e.